The van der Waals surface area contributed by atoms with Crippen molar-refractivity contribution in [1.82, 2.24) is 0 Å². The first kappa shape index (κ1) is 18.7. The Hall–Kier alpha value is -2.33. The van der Waals surface area contributed by atoms with E-state index in [1.807, 2.05) is 56.3 Å². The van der Waals surface area contributed by atoms with Gasteiger partial charge in [0.05, 0.1) is 11.4 Å². The molecule has 6 N–H and O–H groups in total. The van der Waals surface area contributed by atoms with Gasteiger partial charge in [-0.05, 0) is 36.7 Å². The first-order chi connectivity index (χ1) is 10.2. The Balaban J connectivity index is 0.000000921. The molecule has 0 aliphatic carbocycles. The Kier molecular flexibility index (Phi) is 9.30. The van der Waals surface area contributed by atoms with Crippen molar-refractivity contribution in [2.45, 2.75) is 20.3 Å². The molecule has 0 amide bonds. The van der Waals surface area contributed by atoms with Crippen LogP contribution in [0.1, 0.15) is 35.3 Å². The molecular weight excluding hydrogens is 262 g/mol. The fraction of sp³-hybridized carbons (Fsp3) is 0.235. The van der Waals surface area contributed by atoms with Crippen LogP contribution in [0.2, 0.25) is 0 Å². The molecule has 0 unspecified atom stereocenters. The van der Waals surface area contributed by atoms with Gasteiger partial charge in [0.2, 0.25) is 0 Å². The molecule has 4 heteroatoms. The highest BCUT2D eigenvalue weighted by molar-refractivity contribution is 5.74. The van der Waals surface area contributed by atoms with Gasteiger partial charge in [0.15, 0.2) is 0 Å². The van der Waals surface area contributed by atoms with Crippen LogP contribution < -0.4 is 17.2 Å². The summed E-state index contributed by atoms with van der Waals surface area (Å²) in [5, 5.41) is 0. The van der Waals surface area contributed by atoms with Crippen LogP contribution >= 0.6 is 0 Å². The number of nitrogen functional groups attached to an aromatic ring is 2. The minimum Gasteiger partial charge on any atom is -0.397 e. The van der Waals surface area contributed by atoms with Crippen LogP contribution in [0.4, 0.5) is 11.4 Å². The second-order valence-electron chi connectivity index (χ2n) is 4.00. The molecule has 0 aromatic heterocycles. The molecule has 0 radical (unpaired) electrons. The Morgan fingerprint density at radius 1 is 0.857 bits per heavy atom. The SMILES string of the molecule is CC.CN.Nc1ccc(Cc2ccc(C=O)cc2)cc1N. The van der Waals surface area contributed by atoms with Crippen LogP contribution in [-0.4, -0.2) is 13.3 Å². The molecule has 4 nitrogen and oxygen atoms in total. The van der Waals surface area contributed by atoms with Gasteiger partial charge in [-0.3, -0.25) is 4.79 Å². The van der Waals surface area contributed by atoms with E-state index < -0.39 is 0 Å². The summed E-state index contributed by atoms with van der Waals surface area (Å²) in [7, 11) is 1.50. The van der Waals surface area contributed by atoms with Gasteiger partial charge in [0, 0.05) is 5.56 Å². The Labute approximate surface area is 127 Å². The van der Waals surface area contributed by atoms with E-state index in [2.05, 4.69) is 5.73 Å². The lowest BCUT2D eigenvalue weighted by molar-refractivity contribution is 0.112. The summed E-state index contributed by atoms with van der Waals surface area (Å²) in [6, 6.07) is 13.1. The maximum absolute atomic E-state index is 10.5. The Morgan fingerprint density at radius 2 is 1.38 bits per heavy atom. The van der Waals surface area contributed by atoms with Gasteiger partial charge in [0.1, 0.15) is 6.29 Å². The van der Waals surface area contributed by atoms with E-state index >= 15 is 0 Å². The normalized spacial score (nSPS) is 8.76. The van der Waals surface area contributed by atoms with E-state index in [-0.39, 0.29) is 0 Å². The zero-order chi connectivity index (χ0) is 16.3. The lowest BCUT2D eigenvalue weighted by atomic mass is 10.0. The third-order valence-electron chi connectivity index (χ3n) is 2.68. The van der Waals surface area contributed by atoms with Crippen molar-refractivity contribution in [1.29, 1.82) is 0 Å². The molecule has 0 heterocycles. The number of hydrogen-bond donors (Lipinski definition) is 3. The molecule has 21 heavy (non-hydrogen) atoms. The molecule has 0 aliphatic rings. The van der Waals surface area contributed by atoms with Gasteiger partial charge in [-0.2, -0.15) is 0 Å². The van der Waals surface area contributed by atoms with E-state index in [9.17, 15) is 4.79 Å². The summed E-state index contributed by atoms with van der Waals surface area (Å²) in [5.74, 6) is 0. The highest BCUT2D eigenvalue weighted by Crippen LogP contribution is 2.18. The number of carbonyl (C=O) groups excluding carboxylic acids is 1. The Morgan fingerprint density at radius 3 is 1.86 bits per heavy atom. The van der Waals surface area contributed by atoms with E-state index in [0.29, 0.717) is 16.9 Å². The predicted octanol–water partition coefficient (Wildman–Crippen LogP) is 2.86. The van der Waals surface area contributed by atoms with Crippen LogP contribution in [0.3, 0.4) is 0 Å². The number of rotatable bonds is 3. The van der Waals surface area contributed by atoms with Crippen molar-refractivity contribution in [2.75, 3.05) is 18.5 Å². The van der Waals surface area contributed by atoms with Gasteiger partial charge in [-0.1, -0.05) is 44.2 Å². The lowest BCUT2D eigenvalue weighted by Gasteiger charge is -2.05. The highest BCUT2D eigenvalue weighted by Gasteiger charge is 2.00. The molecule has 0 saturated carbocycles. The summed E-state index contributed by atoms with van der Waals surface area (Å²) < 4.78 is 0. The van der Waals surface area contributed by atoms with Crippen LogP contribution in [0.5, 0.6) is 0 Å². The van der Waals surface area contributed by atoms with Gasteiger partial charge in [-0.25, -0.2) is 0 Å². The molecule has 2 aromatic carbocycles. The summed E-state index contributed by atoms with van der Waals surface area (Å²) in [4.78, 5) is 10.5. The smallest absolute Gasteiger partial charge is 0.150 e. The zero-order valence-electron chi connectivity index (χ0n) is 13.0. The van der Waals surface area contributed by atoms with Gasteiger partial charge in [0.25, 0.3) is 0 Å². The average molecular weight is 287 g/mol. The maximum Gasteiger partial charge on any atom is 0.150 e. The quantitative estimate of drug-likeness (QED) is 0.597. The highest BCUT2D eigenvalue weighted by atomic mass is 16.1. The maximum atomic E-state index is 10.5. The third-order valence-corrected chi connectivity index (χ3v) is 2.68. The zero-order valence-corrected chi connectivity index (χ0v) is 13.0. The third kappa shape index (κ3) is 6.10. The topological polar surface area (TPSA) is 95.1 Å². The van der Waals surface area contributed by atoms with Gasteiger partial charge in [-0.15, -0.1) is 0 Å². The number of nitrogens with two attached hydrogens (primary N) is 3. The Bertz CT molecular complexity index is 536. The van der Waals surface area contributed by atoms with Crippen molar-refractivity contribution in [3.05, 3.63) is 59.2 Å². The summed E-state index contributed by atoms with van der Waals surface area (Å²) in [5.41, 5.74) is 20.0. The molecule has 0 saturated heterocycles. The number of carbonyl (C=O) groups is 1. The van der Waals surface area contributed by atoms with Crippen LogP contribution in [0, 0.1) is 0 Å². The molecular formula is C17H25N3O. The van der Waals surface area contributed by atoms with Crippen LogP contribution in [0.25, 0.3) is 0 Å². The standard InChI is InChI=1S/C14H14N2O.C2H6.CH5N/c15-13-6-5-12(8-14(13)16)7-10-1-3-11(9-17)4-2-10;2*1-2/h1-6,8-9H,7,15-16H2;1-2H3;2H2,1H3. The van der Waals surface area contributed by atoms with Crippen LogP contribution in [0.15, 0.2) is 42.5 Å². The first-order valence-electron chi connectivity index (χ1n) is 6.95. The first-order valence-corrected chi connectivity index (χ1v) is 6.95. The molecule has 0 spiro atoms. The number of benzene rings is 2. The van der Waals surface area contributed by atoms with E-state index in [4.69, 9.17) is 11.5 Å². The second kappa shape index (κ2) is 10.5. The molecule has 0 bridgehead atoms. The second-order valence-corrected chi connectivity index (χ2v) is 4.00. The molecule has 0 aliphatic heterocycles. The molecule has 2 aromatic rings. The van der Waals surface area contributed by atoms with Crippen molar-refractivity contribution in [3.8, 4) is 0 Å². The van der Waals surface area contributed by atoms with E-state index in [1.54, 1.807) is 0 Å². The van der Waals surface area contributed by atoms with E-state index in [0.717, 1.165) is 23.8 Å². The van der Waals surface area contributed by atoms with Crippen molar-refractivity contribution < 1.29 is 4.79 Å². The monoisotopic (exact) mass is 287 g/mol. The molecule has 0 atom stereocenters. The molecule has 2 rings (SSSR count). The molecule has 114 valence electrons. The van der Waals surface area contributed by atoms with Gasteiger partial charge < -0.3 is 17.2 Å². The van der Waals surface area contributed by atoms with E-state index in [1.165, 1.54) is 7.05 Å². The largest absolute Gasteiger partial charge is 0.397 e. The van der Waals surface area contributed by atoms with Crippen molar-refractivity contribution in [3.63, 3.8) is 0 Å². The fourth-order valence-electron chi connectivity index (χ4n) is 1.68. The summed E-state index contributed by atoms with van der Waals surface area (Å²) >= 11 is 0. The number of hydrogen-bond acceptors (Lipinski definition) is 4. The predicted molar refractivity (Wildman–Crippen MR) is 91.4 cm³/mol. The van der Waals surface area contributed by atoms with Gasteiger partial charge >= 0.3 is 0 Å². The summed E-state index contributed by atoms with van der Waals surface area (Å²) in [6.07, 6.45) is 1.62. The number of aldehydes is 1. The van der Waals surface area contributed by atoms with Crippen LogP contribution in [-0.2, 0) is 6.42 Å². The minimum absolute atomic E-state index is 0.602. The number of anilines is 2. The molecule has 0 fully saturated rings. The minimum atomic E-state index is 0.602. The lowest BCUT2D eigenvalue weighted by Crippen LogP contribution is -1.96. The van der Waals surface area contributed by atoms with Crippen molar-refractivity contribution in [2.24, 2.45) is 5.73 Å². The summed E-state index contributed by atoms with van der Waals surface area (Å²) in [6.45, 7) is 4.00. The fourth-order valence-corrected chi connectivity index (χ4v) is 1.68. The van der Waals surface area contributed by atoms with Crippen molar-refractivity contribution >= 4 is 17.7 Å². The average Bonchev–Trinajstić information content (AvgIpc) is 2.55.